The van der Waals surface area contributed by atoms with Crippen LogP contribution in [0.5, 0.6) is 0 Å². The zero-order chi connectivity index (χ0) is 23.8. The maximum absolute atomic E-state index is 13.6. The molecule has 3 aromatic carbocycles. The third-order valence-electron chi connectivity index (χ3n) is 6.53. The Labute approximate surface area is 197 Å². The second-order valence-corrected chi connectivity index (χ2v) is 9.08. The van der Waals surface area contributed by atoms with Gasteiger partial charge in [-0.3, -0.25) is 15.6 Å². The van der Waals surface area contributed by atoms with Gasteiger partial charge in [0.2, 0.25) is 0 Å². The predicted octanol–water partition coefficient (Wildman–Crippen LogP) is 4.16. The molecule has 0 atom stereocenters. The first-order valence-corrected chi connectivity index (χ1v) is 11.4. The molecule has 34 heavy (non-hydrogen) atoms. The van der Waals surface area contributed by atoms with Gasteiger partial charge in [0.1, 0.15) is 11.7 Å². The first-order chi connectivity index (χ1) is 16.4. The molecule has 1 aliphatic carbocycles. The van der Waals surface area contributed by atoms with E-state index in [9.17, 15) is 4.79 Å². The summed E-state index contributed by atoms with van der Waals surface area (Å²) in [5.74, 6) is 0.506. The summed E-state index contributed by atoms with van der Waals surface area (Å²) in [5.41, 5.74) is 17.4. The van der Waals surface area contributed by atoms with Crippen molar-refractivity contribution in [2.45, 2.75) is 31.6 Å². The van der Waals surface area contributed by atoms with Gasteiger partial charge < -0.3 is 16.5 Å². The molecule has 0 radical (unpaired) electrons. The summed E-state index contributed by atoms with van der Waals surface area (Å²) in [5, 5.41) is 17.4. The standard InChI is InChI=1S/C28H27N5O/c29-27(30)20-5-1-16(2-6-20)11-23-15-33-25(19-8-9-19)24(26(23)34)13-17-3-4-18-7-10-21(28(31)32)14-22(18)12-17/h1-7,10,12,14-15,19H,8-9,11,13H2,(H3,29,30)(H3,31,32)(H,33,34). The Bertz CT molecular complexity index is 1480. The maximum Gasteiger partial charge on any atom is 0.188 e. The average Bonchev–Trinajstić information content (AvgIpc) is 3.67. The fourth-order valence-corrected chi connectivity index (χ4v) is 4.48. The van der Waals surface area contributed by atoms with E-state index in [0.717, 1.165) is 51.6 Å². The van der Waals surface area contributed by atoms with Crippen LogP contribution in [0.2, 0.25) is 0 Å². The SMILES string of the molecule is N=C(N)c1ccc(Cc2c[nH]c(C3CC3)c(Cc3ccc4ccc(C(=N)N)cc4c3)c2=O)cc1. The number of rotatable bonds is 7. The minimum atomic E-state index is 0.0336. The molecule has 170 valence electrons. The van der Waals surface area contributed by atoms with Crippen LogP contribution in [0, 0.1) is 10.8 Å². The van der Waals surface area contributed by atoms with Gasteiger partial charge in [-0.2, -0.15) is 0 Å². The minimum Gasteiger partial charge on any atom is -0.384 e. The predicted molar refractivity (Wildman–Crippen MR) is 137 cm³/mol. The molecule has 0 amide bonds. The number of pyridine rings is 1. The van der Waals surface area contributed by atoms with Crippen LogP contribution in [0.1, 0.15) is 57.8 Å². The van der Waals surface area contributed by atoms with E-state index < -0.39 is 0 Å². The number of nitrogen functional groups attached to an aromatic ring is 2. The number of H-pyrrole nitrogens is 1. The molecular formula is C28H27N5O. The van der Waals surface area contributed by atoms with Crippen molar-refractivity contribution in [1.29, 1.82) is 10.8 Å². The molecule has 7 N–H and O–H groups in total. The van der Waals surface area contributed by atoms with Gasteiger partial charge in [-0.25, -0.2) is 0 Å². The van der Waals surface area contributed by atoms with Crippen LogP contribution in [0.4, 0.5) is 0 Å². The summed E-state index contributed by atoms with van der Waals surface area (Å²) in [4.78, 5) is 17.0. The molecule has 1 saturated carbocycles. The van der Waals surface area contributed by atoms with Crippen molar-refractivity contribution < 1.29 is 0 Å². The van der Waals surface area contributed by atoms with E-state index in [1.807, 2.05) is 48.7 Å². The Morgan fingerprint density at radius 3 is 2.15 bits per heavy atom. The Kier molecular flexibility index (Phi) is 5.49. The number of aromatic amines is 1. The van der Waals surface area contributed by atoms with Crippen molar-refractivity contribution in [3.8, 4) is 0 Å². The summed E-state index contributed by atoms with van der Waals surface area (Å²) in [6.07, 6.45) is 5.14. The number of fused-ring (bicyclic) bond motifs is 1. The van der Waals surface area contributed by atoms with Crippen LogP contribution in [0.3, 0.4) is 0 Å². The van der Waals surface area contributed by atoms with Crippen molar-refractivity contribution >= 4 is 22.4 Å². The minimum absolute atomic E-state index is 0.0336. The molecule has 0 unspecified atom stereocenters. The lowest BCUT2D eigenvalue weighted by Crippen LogP contribution is -2.19. The molecule has 6 nitrogen and oxygen atoms in total. The van der Waals surface area contributed by atoms with Crippen molar-refractivity contribution in [2.24, 2.45) is 11.5 Å². The molecule has 4 aromatic rings. The van der Waals surface area contributed by atoms with E-state index >= 15 is 0 Å². The topological polar surface area (TPSA) is 133 Å². The van der Waals surface area contributed by atoms with E-state index in [1.165, 1.54) is 0 Å². The van der Waals surface area contributed by atoms with Crippen LogP contribution in [-0.2, 0) is 12.8 Å². The summed E-state index contributed by atoms with van der Waals surface area (Å²) < 4.78 is 0. The second kappa shape index (κ2) is 8.63. The molecule has 0 aliphatic heterocycles. The molecule has 0 saturated heterocycles. The number of aromatic nitrogens is 1. The molecule has 1 aliphatic rings. The number of nitrogens with two attached hydrogens (primary N) is 2. The Hall–Kier alpha value is -4.19. The third-order valence-corrected chi connectivity index (χ3v) is 6.53. The van der Waals surface area contributed by atoms with Gasteiger partial charge in [0.05, 0.1) is 0 Å². The molecule has 1 heterocycles. The highest BCUT2D eigenvalue weighted by molar-refractivity contribution is 5.99. The number of hydrogen-bond donors (Lipinski definition) is 5. The van der Waals surface area contributed by atoms with E-state index in [2.05, 4.69) is 23.2 Å². The van der Waals surface area contributed by atoms with Gasteiger partial charge in [-0.15, -0.1) is 0 Å². The van der Waals surface area contributed by atoms with Crippen molar-refractivity contribution in [3.05, 3.63) is 116 Å². The normalized spacial score (nSPS) is 13.2. The quantitative estimate of drug-likeness (QED) is 0.214. The van der Waals surface area contributed by atoms with Crippen LogP contribution in [0.25, 0.3) is 10.8 Å². The van der Waals surface area contributed by atoms with E-state index in [1.54, 1.807) is 0 Å². The van der Waals surface area contributed by atoms with Gasteiger partial charge >= 0.3 is 0 Å². The highest BCUT2D eigenvalue weighted by Gasteiger charge is 2.28. The number of amidine groups is 2. The maximum atomic E-state index is 13.6. The van der Waals surface area contributed by atoms with Gasteiger partial charge in [-0.1, -0.05) is 54.6 Å². The van der Waals surface area contributed by atoms with Crippen molar-refractivity contribution in [3.63, 3.8) is 0 Å². The van der Waals surface area contributed by atoms with Crippen LogP contribution >= 0.6 is 0 Å². The highest BCUT2D eigenvalue weighted by Crippen LogP contribution is 2.40. The zero-order valence-electron chi connectivity index (χ0n) is 18.8. The number of hydrogen-bond acceptors (Lipinski definition) is 3. The highest BCUT2D eigenvalue weighted by atomic mass is 16.1. The molecule has 1 fully saturated rings. The number of benzene rings is 3. The summed E-state index contributed by atoms with van der Waals surface area (Å²) in [7, 11) is 0. The van der Waals surface area contributed by atoms with Gasteiger partial charge in [0, 0.05) is 47.0 Å². The van der Waals surface area contributed by atoms with Gasteiger partial charge in [0.25, 0.3) is 0 Å². The lowest BCUT2D eigenvalue weighted by Gasteiger charge is -2.12. The van der Waals surface area contributed by atoms with Crippen LogP contribution in [0.15, 0.2) is 71.7 Å². The first kappa shape index (κ1) is 21.6. The van der Waals surface area contributed by atoms with Crippen molar-refractivity contribution in [1.82, 2.24) is 4.98 Å². The largest absolute Gasteiger partial charge is 0.384 e. The lowest BCUT2D eigenvalue weighted by atomic mass is 9.95. The molecule has 0 bridgehead atoms. The molecule has 0 spiro atoms. The molecular weight excluding hydrogens is 422 g/mol. The fraction of sp³-hybridized carbons (Fsp3) is 0.179. The molecule has 5 rings (SSSR count). The van der Waals surface area contributed by atoms with Crippen LogP contribution < -0.4 is 16.9 Å². The van der Waals surface area contributed by atoms with Crippen molar-refractivity contribution in [2.75, 3.05) is 0 Å². The summed E-state index contributed by atoms with van der Waals surface area (Å²) in [6, 6.07) is 19.4. The monoisotopic (exact) mass is 449 g/mol. The van der Waals surface area contributed by atoms with E-state index in [-0.39, 0.29) is 17.1 Å². The van der Waals surface area contributed by atoms with E-state index in [4.69, 9.17) is 22.3 Å². The summed E-state index contributed by atoms with van der Waals surface area (Å²) >= 11 is 0. The average molecular weight is 450 g/mol. The fourth-order valence-electron chi connectivity index (χ4n) is 4.48. The van der Waals surface area contributed by atoms with Gasteiger partial charge in [0.15, 0.2) is 5.43 Å². The Balaban J connectivity index is 1.49. The third kappa shape index (κ3) is 4.35. The second-order valence-electron chi connectivity index (χ2n) is 9.08. The zero-order valence-corrected chi connectivity index (χ0v) is 18.8. The summed E-state index contributed by atoms with van der Waals surface area (Å²) in [6.45, 7) is 0. The smallest absolute Gasteiger partial charge is 0.188 e. The lowest BCUT2D eigenvalue weighted by molar-refractivity contribution is 0.934. The molecule has 6 heteroatoms. The van der Waals surface area contributed by atoms with Gasteiger partial charge in [-0.05, 0) is 46.7 Å². The Morgan fingerprint density at radius 2 is 1.47 bits per heavy atom. The number of nitrogens with one attached hydrogen (secondary N) is 3. The Morgan fingerprint density at radius 1 is 0.824 bits per heavy atom. The van der Waals surface area contributed by atoms with Crippen LogP contribution in [-0.4, -0.2) is 16.7 Å². The first-order valence-electron chi connectivity index (χ1n) is 11.4. The molecule has 1 aromatic heterocycles. The van der Waals surface area contributed by atoms with E-state index in [0.29, 0.717) is 29.9 Å².